The molecule has 0 saturated heterocycles. The average Bonchev–Trinajstić information content (AvgIpc) is 3.68. The first-order chi connectivity index (χ1) is 21.5. The van der Waals surface area contributed by atoms with Crippen LogP contribution in [0.2, 0.25) is 5.02 Å². The van der Waals surface area contributed by atoms with Crippen LogP contribution in [0.15, 0.2) is 106 Å². The fraction of sp³-hybridized carbons (Fsp3) is 0.147. The lowest BCUT2D eigenvalue weighted by Gasteiger charge is -2.24. The Bertz CT molecular complexity index is 2030. The number of benzene rings is 3. The molecule has 3 aromatic carbocycles. The van der Waals surface area contributed by atoms with Crippen LogP contribution in [0.3, 0.4) is 0 Å². The molecule has 222 valence electrons. The summed E-state index contributed by atoms with van der Waals surface area (Å²) in [5, 5.41) is 2.57. The molecule has 0 spiro atoms. The lowest BCUT2D eigenvalue weighted by Crippen LogP contribution is -2.39. The van der Waals surface area contributed by atoms with Gasteiger partial charge in [0.15, 0.2) is 16.3 Å². The van der Waals surface area contributed by atoms with Crippen LogP contribution in [0, 0.1) is 0 Å². The Balaban J connectivity index is 1.44. The number of hydrogen-bond donors (Lipinski definition) is 0. The van der Waals surface area contributed by atoms with Crippen molar-refractivity contribution < 1.29 is 19.0 Å². The van der Waals surface area contributed by atoms with E-state index >= 15 is 0 Å². The fourth-order valence-electron chi connectivity index (χ4n) is 4.99. The molecule has 0 bridgehead atoms. The number of hydrogen-bond acceptors (Lipinski definition) is 8. The standard InChI is InChI=1S/C34H27ClN2O5S2/c1-3-41-33(39)29-30(23-10-5-4-6-11-23)36-34-37(31(29)27-13-8-16-43-27)32(38)28(44-34)19-21-14-15-25(26(18-21)40-2)42-20-22-9-7-12-24(35)17-22/h4-19,31H,3,20H2,1-2H3/b28-19-/t31-/m0/s1. The van der Waals surface area contributed by atoms with Gasteiger partial charge >= 0.3 is 5.97 Å². The third kappa shape index (κ3) is 5.99. The maximum Gasteiger partial charge on any atom is 0.338 e. The first-order valence-corrected chi connectivity index (χ1v) is 15.9. The van der Waals surface area contributed by atoms with Gasteiger partial charge in [0, 0.05) is 15.5 Å². The molecule has 2 aromatic heterocycles. The highest BCUT2D eigenvalue weighted by Crippen LogP contribution is 2.37. The minimum Gasteiger partial charge on any atom is -0.493 e. The van der Waals surface area contributed by atoms with Crippen molar-refractivity contribution >= 4 is 52.0 Å². The summed E-state index contributed by atoms with van der Waals surface area (Å²) >= 11 is 8.85. The first-order valence-electron chi connectivity index (χ1n) is 13.8. The zero-order chi connectivity index (χ0) is 30.6. The molecule has 3 heterocycles. The monoisotopic (exact) mass is 642 g/mol. The Hall–Kier alpha value is -4.44. The molecular formula is C34H27ClN2O5S2. The van der Waals surface area contributed by atoms with Crippen LogP contribution < -0.4 is 24.4 Å². The van der Waals surface area contributed by atoms with Crippen LogP contribution in [0.4, 0.5) is 0 Å². The summed E-state index contributed by atoms with van der Waals surface area (Å²) in [6, 6.07) is 25.6. The van der Waals surface area contributed by atoms with E-state index in [-0.39, 0.29) is 12.2 Å². The van der Waals surface area contributed by atoms with Crippen LogP contribution in [0.1, 0.15) is 34.5 Å². The van der Waals surface area contributed by atoms with Gasteiger partial charge in [0.1, 0.15) is 12.6 Å². The minimum absolute atomic E-state index is 0.201. The number of thiophene rings is 1. The van der Waals surface area contributed by atoms with Gasteiger partial charge in [0.25, 0.3) is 5.56 Å². The van der Waals surface area contributed by atoms with Crippen molar-refractivity contribution in [2.75, 3.05) is 13.7 Å². The second-order valence-electron chi connectivity index (χ2n) is 9.78. The number of nitrogens with zero attached hydrogens (tertiary/aromatic N) is 2. The van der Waals surface area contributed by atoms with Gasteiger partial charge in [-0.2, -0.15) is 0 Å². The van der Waals surface area contributed by atoms with Crippen LogP contribution in [0.5, 0.6) is 11.5 Å². The van der Waals surface area contributed by atoms with E-state index in [4.69, 9.17) is 30.8 Å². The molecule has 6 rings (SSSR count). The summed E-state index contributed by atoms with van der Waals surface area (Å²) in [4.78, 5) is 33.7. The normalized spacial score (nSPS) is 14.6. The van der Waals surface area contributed by atoms with E-state index in [9.17, 15) is 9.59 Å². The van der Waals surface area contributed by atoms with Gasteiger partial charge in [-0.1, -0.05) is 77.5 Å². The second kappa shape index (κ2) is 13.1. The number of halogens is 1. The molecule has 0 radical (unpaired) electrons. The maximum atomic E-state index is 14.0. The lowest BCUT2D eigenvalue weighted by molar-refractivity contribution is -0.138. The van der Waals surface area contributed by atoms with E-state index in [1.54, 1.807) is 24.7 Å². The highest BCUT2D eigenvalue weighted by molar-refractivity contribution is 7.10. The van der Waals surface area contributed by atoms with Crippen molar-refractivity contribution in [3.05, 3.63) is 142 Å². The molecule has 0 N–H and O–H groups in total. The average molecular weight is 643 g/mol. The van der Waals surface area contributed by atoms with Crippen molar-refractivity contribution in [3.8, 4) is 11.5 Å². The van der Waals surface area contributed by atoms with Gasteiger partial charge in [-0.05, 0) is 59.8 Å². The van der Waals surface area contributed by atoms with Gasteiger partial charge in [-0.15, -0.1) is 11.3 Å². The molecule has 1 aliphatic heterocycles. The van der Waals surface area contributed by atoms with Gasteiger partial charge in [0.05, 0.1) is 29.5 Å². The second-order valence-corrected chi connectivity index (χ2v) is 12.2. The maximum absolute atomic E-state index is 14.0. The van der Waals surface area contributed by atoms with Crippen LogP contribution in [-0.2, 0) is 16.1 Å². The summed E-state index contributed by atoms with van der Waals surface area (Å²) in [5.74, 6) is 0.595. The Morgan fingerprint density at radius 3 is 2.59 bits per heavy atom. The van der Waals surface area contributed by atoms with E-state index in [0.717, 1.165) is 21.6 Å². The number of ether oxygens (including phenoxy) is 3. The van der Waals surface area contributed by atoms with Gasteiger partial charge in [-0.25, -0.2) is 9.79 Å². The van der Waals surface area contributed by atoms with Crippen molar-refractivity contribution in [1.29, 1.82) is 0 Å². The third-order valence-corrected chi connectivity index (χ3v) is 9.10. The predicted molar refractivity (Wildman–Crippen MR) is 174 cm³/mol. The summed E-state index contributed by atoms with van der Waals surface area (Å²) in [5.41, 5.74) is 3.04. The molecule has 44 heavy (non-hydrogen) atoms. The number of methoxy groups -OCH3 is 1. The van der Waals surface area contributed by atoms with Crippen molar-refractivity contribution in [1.82, 2.24) is 4.57 Å². The summed E-state index contributed by atoms with van der Waals surface area (Å²) in [6.07, 6.45) is 1.80. The van der Waals surface area contributed by atoms with Gasteiger partial charge in [-0.3, -0.25) is 9.36 Å². The topological polar surface area (TPSA) is 79.1 Å². The fourth-order valence-corrected chi connectivity index (χ4v) is 7.03. The number of carbonyl (C=O) groups is 1. The smallest absolute Gasteiger partial charge is 0.338 e. The molecule has 1 aliphatic rings. The first kappa shape index (κ1) is 29.6. The molecule has 7 nitrogen and oxygen atoms in total. The van der Waals surface area contributed by atoms with E-state index in [2.05, 4.69) is 0 Å². The van der Waals surface area contributed by atoms with Crippen molar-refractivity contribution in [2.45, 2.75) is 19.6 Å². The van der Waals surface area contributed by atoms with Crippen LogP contribution in [-0.4, -0.2) is 24.3 Å². The number of esters is 1. The van der Waals surface area contributed by atoms with Gasteiger partial charge < -0.3 is 14.2 Å². The summed E-state index contributed by atoms with van der Waals surface area (Å²) in [6.45, 7) is 2.29. The zero-order valence-corrected chi connectivity index (χ0v) is 26.2. The zero-order valence-electron chi connectivity index (χ0n) is 23.9. The molecule has 10 heteroatoms. The van der Waals surface area contributed by atoms with Crippen LogP contribution in [0.25, 0.3) is 11.8 Å². The number of carbonyl (C=O) groups excluding carboxylic acids is 1. The Morgan fingerprint density at radius 2 is 1.86 bits per heavy atom. The lowest BCUT2D eigenvalue weighted by atomic mass is 9.97. The number of thiazole rings is 1. The van der Waals surface area contributed by atoms with Crippen molar-refractivity contribution in [3.63, 3.8) is 0 Å². The molecular weight excluding hydrogens is 616 g/mol. The van der Waals surface area contributed by atoms with E-state index in [1.165, 1.54) is 22.7 Å². The molecule has 0 fully saturated rings. The van der Waals surface area contributed by atoms with Crippen LogP contribution >= 0.6 is 34.3 Å². The highest BCUT2D eigenvalue weighted by atomic mass is 35.5. The number of fused-ring (bicyclic) bond motifs is 1. The molecule has 5 aromatic rings. The predicted octanol–water partition coefficient (Wildman–Crippen LogP) is 6.24. The number of aromatic nitrogens is 1. The molecule has 0 aliphatic carbocycles. The van der Waals surface area contributed by atoms with E-state index in [1.807, 2.05) is 90.3 Å². The summed E-state index contributed by atoms with van der Waals surface area (Å²) in [7, 11) is 1.57. The Labute approximate surface area is 266 Å². The largest absolute Gasteiger partial charge is 0.493 e. The quantitative estimate of drug-likeness (QED) is 0.178. The molecule has 1 atom stereocenters. The Morgan fingerprint density at radius 1 is 1.02 bits per heavy atom. The molecule has 0 amide bonds. The summed E-state index contributed by atoms with van der Waals surface area (Å²) < 4.78 is 19.2. The minimum atomic E-state index is -0.681. The Kier molecular flexibility index (Phi) is 8.79. The third-order valence-electron chi connectivity index (χ3n) is 6.96. The highest BCUT2D eigenvalue weighted by Gasteiger charge is 2.35. The molecule has 0 unspecified atom stereocenters. The number of rotatable bonds is 9. The molecule has 0 saturated carbocycles. The van der Waals surface area contributed by atoms with E-state index in [0.29, 0.717) is 43.7 Å². The van der Waals surface area contributed by atoms with E-state index < -0.39 is 12.0 Å². The van der Waals surface area contributed by atoms with Gasteiger partial charge in [0.2, 0.25) is 0 Å². The SMILES string of the molecule is CCOC(=O)C1=C(c2ccccc2)N=c2s/c(=C\c3ccc(OCc4cccc(Cl)c4)c(OC)c3)c(=O)n2[C@H]1c1cccs1. The van der Waals surface area contributed by atoms with Crippen molar-refractivity contribution in [2.24, 2.45) is 4.99 Å².